The van der Waals surface area contributed by atoms with Crippen LogP contribution in [0.5, 0.6) is 0 Å². The number of nitro groups is 1. The van der Waals surface area contributed by atoms with Gasteiger partial charge in [0, 0.05) is 32.2 Å². The van der Waals surface area contributed by atoms with Crippen LogP contribution in [0.1, 0.15) is 10.4 Å². The Morgan fingerprint density at radius 2 is 2.10 bits per heavy atom. The lowest BCUT2D eigenvalue weighted by molar-refractivity contribution is -0.385. The van der Waals surface area contributed by atoms with E-state index in [0.717, 1.165) is 19.3 Å². The van der Waals surface area contributed by atoms with Crippen LogP contribution in [0.4, 0.5) is 5.69 Å². The van der Waals surface area contributed by atoms with Crippen LogP contribution in [0.3, 0.4) is 0 Å². The molecular formula is C12H13ClN4O3. The van der Waals surface area contributed by atoms with Crippen LogP contribution in [-0.4, -0.2) is 46.9 Å². The second-order valence-corrected chi connectivity index (χ2v) is 5.54. The number of amides is 1. The van der Waals surface area contributed by atoms with Crippen LogP contribution in [0, 0.1) is 22.0 Å². The van der Waals surface area contributed by atoms with Gasteiger partial charge in [0.2, 0.25) is 0 Å². The average Bonchev–Trinajstić information content (AvgIpc) is 2.98. The van der Waals surface area contributed by atoms with Gasteiger partial charge in [0.1, 0.15) is 11.3 Å². The fourth-order valence-corrected chi connectivity index (χ4v) is 3.06. The molecule has 106 valence electrons. The summed E-state index contributed by atoms with van der Waals surface area (Å²) in [5.74, 6) is 0.648. The van der Waals surface area contributed by atoms with Crippen molar-refractivity contribution in [1.82, 2.24) is 15.2 Å². The van der Waals surface area contributed by atoms with Gasteiger partial charge in [-0.25, -0.2) is 4.98 Å². The minimum Gasteiger partial charge on any atom is -0.338 e. The summed E-state index contributed by atoms with van der Waals surface area (Å²) in [6.07, 6.45) is 1.06. The monoisotopic (exact) mass is 296 g/mol. The van der Waals surface area contributed by atoms with Crippen molar-refractivity contribution in [2.75, 3.05) is 26.2 Å². The van der Waals surface area contributed by atoms with Crippen molar-refractivity contribution in [3.05, 3.63) is 33.1 Å². The lowest BCUT2D eigenvalue weighted by Crippen LogP contribution is -2.32. The van der Waals surface area contributed by atoms with Crippen molar-refractivity contribution in [1.29, 1.82) is 0 Å². The molecule has 1 amide bonds. The largest absolute Gasteiger partial charge is 0.338 e. The molecule has 0 spiro atoms. The van der Waals surface area contributed by atoms with Crippen molar-refractivity contribution in [2.45, 2.75) is 0 Å². The molecule has 0 saturated carbocycles. The van der Waals surface area contributed by atoms with E-state index in [4.69, 9.17) is 11.6 Å². The van der Waals surface area contributed by atoms with E-state index in [1.54, 1.807) is 4.90 Å². The first-order valence-electron chi connectivity index (χ1n) is 6.36. The number of halogens is 1. The Morgan fingerprint density at radius 1 is 1.45 bits per heavy atom. The number of fused-ring (bicyclic) bond motifs is 1. The summed E-state index contributed by atoms with van der Waals surface area (Å²) in [5.41, 5.74) is -0.118. The lowest BCUT2D eigenvalue weighted by atomic mass is 10.0. The third-order valence-corrected chi connectivity index (χ3v) is 4.24. The second kappa shape index (κ2) is 4.99. The second-order valence-electron chi connectivity index (χ2n) is 5.18. The van der Waals surface area contributed by atoms with Crippen molar-refractivity contribution in [2.24, 2.45) is 11.8 Å². The molecule has 8 heteroatoms. The first-order valence-corrected chi connectivity index (χ1v) is 6.74. The Bertz CT molecular complexity index is 568. The molecule has 3 heterocycles. The van der Waals surface area contributed by atoms with Crippen LogP contribution in [0.2, 0.25) is 5.15 Å². The Balaban J connectivity index is 1.84. The molecule has 0 bridgehead atoms. The highest BCUT2D eigenvalue weighted by Crippen LogP contribution is 2.29. The molecule has 2 fully saturated rings. The van der Waals surface area contributed by atoms with Gasteiger partial charge in [-0.1, -0.05) is 11.6 Å². The summed E-state index contributed by atoms with van der Waals surface area (Å²) >= 11 is 5.90. The van der Waals surface area contributed by atoms with Crippen molar-refractivity contribution in [3.8, 4) is 0 Å². The predicted octanol–water partition coefficient (Wildman–Crippen LogP) is 0.935. The highest BCUT2D eigenvalue weighted by molar-refractivity contribution is 6.32. The molecule has 0 aromatic carbocycles. The number of aromatic nitrogens is 1. The number of rotatable bonds is 2. The van der Waals surface area contributed by atoms with E-state index in [1.165, 1.54) is 6.07 Å². The summed E-state index contributed by atoms with van der Waals surface area (Å²) in [5, 5.41) is 14.1. The van der Waals surface area contributed by atoms with Gasteiger partial charge in [0.15, 0.2) is 0 Å². The van der Waals surface area contributed by atoms with Gasteiger partial charge >= 0.3 is 0 Å². The first-order chi connectivity index (χ1) is 9.56. The van der Waals surface area contributed by atoms with E-state index >= 15 is 0 Å². The summed E-state index contributed by atoms with van der Waals surface area (Å²) < 4.78 is 0. The maximum atomic E-state index is 12.4. The van der Waals surface area contributed by atoms with Gasteiger partial charge in [-0.3, -0.25) is 14.9 Å². The SMILES string of the molecule is O=C(c1cc([N+](=O)[O-])cnc1Cl)N1CC2CNCC2C1. The van der Waals surface area contributed by atoms with E-state index in [0.29, 0.717) is 24.9 Å². The highest BCUT2D eigenvalue weighted by Gasteiger charge is 2.39. The van der Waals surface area contributed by atoms with Crippen LogP contribution >= 0.6 is 11.6 Å². The predicted molar refractivity (Wildman–Crippen MR) is 71.7 cm³/mol. The Kier molecular flexibility index (Phi) is 3.31. The summed E-state index contributed by atoms with van der Waals surface area (Å²) in [6, 6.07) is 1.20. The van der Waals surface area contributed by atoms with Crippen molar-refractivity contribution < 1.29 is 9.72 Å². The molecule has 1 N–H and O–H groups in total. The summed E-state index contributed by atoms with van der Waals surface area (Å²) in [4.78, 5) is 28.0. The number of carbonyl (C=O) groups excluding carboxylic acids is 1. The number of nitrogens with one attached hydrogen (secondary N) is 1. The number of hydrogen-bond acceptors (Lipinski definition) is 5. The number of carbonyl (C=O) groups is 1. The smallest absolute Gasteiger partial charge is 0.288 e. The summed E-state index contributed by atoms with van der Waals surface area (Å²) in [6.45, 7) is 3.15. The topological polar surface area (TPSA) is 88.4 Å². The molecule has 1 aromatic heterocycles. The zero-order chi connectivity index (χ0) is 14.3. The first kappa shape index (κ1) is 13.3. The summed E-state index contributed by atoms with van der Waals surface area (Å²) in [7, 11) is 0. The van der Waals surface area contributed by atoms with E-state index in [1.807, 2.05) is 0 Å². The number of nitrogens with zero attached hydrogens (tertiary/aromatic N) is 3. The zero-order valence-corrected chi connectivity index (χ0v) is 11.3. The molecule has 0 aliphatic carbocycles. The van der Waals surface area contributed by atoms with Gasteiger partial charge in [-0.05, 0) is 11.8 Å². The minimum absolute atomic E-state index is 0.00999. The third kappa shape index (κ3) is 2.23. The fourth-order valence-electron chi connectivity index (χ4n) is 2.88. The number of hydrogen-bond donors (Lipinski definition) is 1. The molecule has 0 radical (unpaired) electrons. The molecule has 2 unspecified atom stereocenters. The highest BCUT2D eigenvalue weighted by atomic mass is 35.5. The molecule has 2 saturated heterocycles. The Hall–Kier alpha value is -1.73. The molecule has 2 atom stereocenters. The Morgan fingerprint density at radius 3 is 2.70 bits per heavy atom. The van der Waals surface area contributed by atoms with Crippen LogP contribution in [0.25, 0.3) is 0 Å². The standard InChI is InChI=1S/C12H13ClN4O3/c13-11-10(1-9(4-15-11)17(19)20)12(18)16-5-7-2-14-3-8(7)6-16/h1,4,7-8,14H,2-3,5-6H2. The van der Waals surface area contributed by atoms with Crippen LogP contribution in [0.15, 0.2) is 12.3 Å². The molecule has 2 aliphatic heterocycles. The van der Waals surface area contributed by atoms with Gasteiger partial charge in [-0.2, -0.15) is 0 Å². The van der Waals surface area contributed by atoms with Gasteiger partial charge in [0.25, 0.3) is 11.6 Å². The zero-order valence-electron chi connectivity index (χ0n) is 10.6. The molecule has 3 rings (SSSR count). The van der Waals surface area contributed by atoms with Crippen molar-refractivity contribution in [3.63, 3.8) is 0 Å². The lowest BCUT2D eigenvalue weighted by Gasteiger charge is -2.17. The maximum absolute atomic E-state index is 12.4. The van der Waals surface area contributed by atoms with E-state index in [9.17, 15) is 14.9 Å². The maximum Gasteiger partial charge on any atom is 0.288 e. The van der Waals surface area contributed by atoms with Crippen molar-refractivity contribution >= 4 is 23.2 Å². The van der Waals surface area contributed by atoms with Crippen LogP contribution in [-0.2, 0) is 0 Å². The normalized spacial score (nSPS) is 24.8. The average molecular weight is 297 g/mol. The molecule has 20 heavy (non-hydrogen) atoms. The van der Waals surface area contributed by atoms with Gasteiger partial charge in [-0.15, -0.1) is 0 Å². The molecule has 7 nitrogen and oxygen atoms in total. The Labute approximate surface area is 120 Å². The van der Waals surface area contributed by atoms with E-state index < -0.39 is 4.92 Å². The van der Waals surface area contributed by atoms with Crippen LogP contribution < -0.4 is 5.32 Å². The van der Waals surface area contributed by atoms with E-state index in [2.05, 4.69) is 10.3 Å². The fraction of sp³-hybridized carbons (Fsp3) is 0.500. The van der Waals surface area contributed by atoms with Gasteiger partial charge in [0.05, 0.1) is 10.5 Å². The third-order valence-electron chi connectivity index (χ3n) is 3.94. The molecule has 1 aromatic rings. The molecule has 2 aliphatic rings. The quantitative estimate of drug-likeness (QED) is 0.498. The van der Waals surface area contributed by atoms with E-state index in [-0.39, 0.29) is 22.3 Å². The van der Waals surface area contributed by atoms with Gasteiger partial charge < -0.3 is 10.2 Å². The number of pyridine rings is 1. The number of likely N-dealkylation sites (tertiary alicyclic amines) is 1. The molecular weight excluding hydrogens is 284 g/mol. The minimum atomic E-state index is -0.581.